The Hall–Kier alpha value is -2.04. The molecule has 0 aromatic heterocycles. The van der Waals surface area contributed by atoms with Gasteiger partial charge in [0.05, 0.1) is 12.7 Å². The number of hydrogen-bond donors (Lipinski definition) is 4. The van der Waals surface area contributed by atoms with E-state index in [9.17, 15) is 5.11 Å². The largest absolute Gasteiger partial charge is 0.398 e. The molecule has 2 aromatic carbocycles. The molecule has 0 bridgehead atoms. The first-order valence-electron chi connectivity index (χ1n) is 6.59. The van der Waals surface area contributed by atoms with Crippen LogP contribution < -0.4 is 11.1 Å². The first-order chi connectivity index (χ1) is 9.60. The van der Waals surface area contributed by atoms with Gasteiger partial charge in [-0.2, -0.15) is 0 Å². The lowest BCUT2D eigenvalue weighted by molar-refractivity contribution is 0.105. The second-order valence-corrected chi connectivity index (χ2v) is 4.89. The lowest BCUT2D eigenvalue weighted by Crippen LogP contribution is -2.22. The number of aryl methyl sites for hydroxylation is 1. The predicted octanol–water partition coefficient (Wildman–Crippen LogP) is 2.01. The Morgan fingerprint density at radius 2 is 1.85 bits per heavy atom. The Labute approximate surface area is 118 Å². The van der Waals surface area contributed by atoms with Crippen molar-refractivity contribution in [1.82, 2.24) is 0 Å². The van der Waals surface area contributed by atoms with Crippen LogP contribution in [-0.4, -0.2) is 29.5 Å². The molecule has 106 valence electrons. The van der Waals surface area contributed by atoms with Crippen LogP contribution in [0.25, 0.3) is 11.1 Å². The van der Waals surface area contributed by atoms with E-state index in [1.54, 1.807) is 0 Å². The summed E-state index contributed by atoms with van der Waals surface area (Å²) in [7, 11) is 0. The van der Waals surface area contributed by atoms with Crippen molar-refractivity contribution < 1.29 is 10.2 Å². The molecule has 0 fully saturated rings. The molecule has 0 heterocycles. The number of aliphatic hydroxyl groups is 2. The third kappa shape index (κ3) is 3.50. The van der Waals surface area contributed by atoms with Gasteiger partial charge in [0.1, 0.15) is 0 Å². The van der Waals surface area contributed by atoms with Gasteiger partial charge in [-0.05, 0) is 30.7 Å². The summed E-state index contributed by atoms with van der Waals surface area (Å²) in [5.41, 5.74) is 10.8. The zero-order chi connectivity index (χ0) is 14.5. The van der Waals surface area contributed by atoms with E-state index in [4.69, 9.17) is 10.8 Å². The van der Waals surface area contributed by atoms with E-state index in [-0.39, 0.29) is 6.61 Å². The second kappa shape index (κ2) is 6.41. The standard InChI is InChI=1S/C16H20N2O2/c1-11-2-4-12(5-3-11)15-8-13(6-7-16(15)17)18-9-14(20)10-19/h2-8,14,18-20H,9-10,17H2,1H3. The van der Waals surface area contributed by atoms with Crippen LogP contribution in [0.1, 0.15) is 5.56 Å². The summed E-state index contributed by atoms with van der Waals surface area (Å²) in [6, 6.07) is 13.8. The molecule has 1 atom stereocenters. The Morgan fingerprint density at radius 1 is 1.15 bits per heavy atom. The normalized spacial score (nSPS) is 12.2. The number of hydrogen-bond acceptors (Lipinski definition) is 4. The van der Waals surface area contributed by atoms with Gasteiger partial charge in [0.2, 0.25) is 0 Å². The smallest absolute Gasteiger partial charge is 0.0942 e. The van der Waals surface area contributed by atoms with Gasteiger partial charge in [0, 0.05) is 23.5 Å². The quantitative estimate of drug-likeness (QED) is 0.628. The number of nitrogen functional groups attached to an aromatic ring is 1. The second-order valence-electron chi connectivity index (χ2n) is 4.89. The van der Waals surface area contributed by atoms with E-state index in [1.165, 1.54) is 5.56 Å². The molecule has 20 heavy (non-hydrogen) atoms. The van der Waals surface area contributed by atoms with Crippen molar-refractivity contribution in [3.63, 3.8) is 0 Å². The fourth-order valence-corrected chi connectivity index (χ4v) is 1.95. The van der Waals surface area contributed by atoms with E-state index in [0.717, 1.165) is 16.8 Å². The van der Waals surface area contributed by atoms with E-state index < -0.39 is 6.10 Å². The summed E-state index contributed by atoms with van der Waals surface area (Å²) < 4.78 is 0. The van der Waals surface area contributed by atoms with Gasteiger partial charge in [0.15, 0.2) is 0 Å². The van der Waals surface area contributed by atoms with Crippen LogP contribution in [0.2, 0.25) is 0 Å². The van der Waals surface area contributed by atoms with Gasteiger partial charge in [0.25, 0.3) is 0 Å². The van der Waals surface area contributed by atoms with Gasteiger partial charge >= 0.3 is 0 Å². The lowest BCUT2D eigenvalue weighted by Gasteiger charge is -2.13. The number of aliphatic hydroxyl groups excluding tert-OH is 2. The molecule has 2 rings (SSSR count). The average Bonchev–Trinajstić information content (AvgIpc) is 2.47. The Balaban J connectivity index is 2.22. The first kappa shape index (κ1) is 14.4. The maximum Gasteiger partial charge on any atom is 0.0942 e. The minimum atomic E-state index is -0.768. The van der Waals surface area contributed by atoms with Crippen LogP contribution in [0.5, 0.6) is 0 Å². The van der Waals surface area contributed by atoms with Crippen LogP contribution in [0.4, 0.5) is 11.4 Å². The fraction of sp³-hybridized carbons (Fsp3) is 0.250. The molecule has 4 nitrogen and oxygen atoms in total. The van der Waals surface area contributed by atoms with Gasteiger partial charge in [-0.1, -0.05) is 29.8 Å². The molecule has 0 aliphatic carbocycles. The molecule has 0 radical (unpaired) electrons. The summed E-state index contributed by atoms with van der Waals surface area (Å²) >= 11 is 0. The first-order valence-corrected chi connectivity index (χ1v) is 6.59. The van der Waals surface area contributed by atoms with Crippen molar-refractivity contribution in [3.05, 3.63) is 48.0 Å². The highest BCUT2D eigenvalue weighted by Crippen LogP contribution is 2.29. The van der Waals surface area contributed by atoms with Crippen molar-refractivity contribution in [2.24, 2.45) is 0 Å². The molecule has 0 aliphatic heterocycles. The minimum Gasteiger partial charge on any atom is -0.398 e. The molecule has 4 heteroatoms. The van der Waals surface area contributed by atoms with E-state index in [2.05, 4.69) is 5.32 Å². The summed E-state index contributed by atoms with van der Waals surface area (Å²) in [6.45, 7) is 2.09. The van der Waals surface area contributed by atoms with Crippen molar-refractivity contribution in [2.45, 2.75) is 13.0 Å². The third-order valence-electron chi connectivity index (χ3n) is 3.17. The highest BCUT2D eigenvalue weighted by atomic mass is 16.3. The zero-order valence-electron chi connectivity index (χ0n) is 11.5. The number of nitrogens with two attached hydrogens (primary N) is 1. The van der Waals surface area contributed by atoms with Gasteiger partial charge in [-0.25, -0.2) is 0 Å². The molecule has 2 aromatic rings. The van der Waals surface area contributed by atoms with E-state index in [1.807, 2.05) is 49.4 Å². The highest BCUT2D eigenvalue weighted by molar-refractivity contribution is 5.79. The Morgan fingerprint density at radius 3 is 2.50 bits per heavy atom. The lowest BCUT2D eigenvalue weighted by atomic mass is 10.0. The molecule has 0 aliphatic rings. The topological polar surface area (TPSA) is 78.5 Å². The molecular formula is C16H20N2O2. The number of benzene rings is 2. The zero-order valence-corrected chi connectivity index (χ0v) is 11.5. The van der Waals surface area contributed by atoms with Crippen LogP contribution in [0, 0.1) is 6.92 Å². The molecule has 1 unspecified atom stereocenters. The van der Waals surface area contributed by atoms with Gasteiger partial charge < -0.3 is 21.3 Å². The van der Waals surface area contributed by atoms with Crippen LogP contribution in [0.3, 0.4) is 0 Å². The molecule has 0 spiro atoms. The minimum absolute atomic E-state index is 0.257. The van der Waals surface area contributed by atoms with Crippen LogP contribution in [0.15, 0.2) is 42.5 Å². The summed E-state index contributed by atoms with van der Waals surface area (Å²) in [5, 5.41) is 21.2. The number of nitrogens with one attached hydrogen (secondary N) is 1. The van der Waals surface area contributed by atoms with E-state index in [0.29, 0.717) is 12.2 Å². The van der Waals surface area contributed by atoms with E-state index >= 15 is 0 Å². The molecular weight excluding hydrogens is 252 g/mol. The number of rotatable bonds is 5. The monoisotopic (exact) mass is 272 g/mol. The van der Waals surface area contributed by atoms with Crippen LogP contribution >= 0.6 is 0 Å². The Kier molecular flexibility index (Phi) is 4.61. The van der Waals surface area contributed by atoms with Crippen LogP contribution in [-0.2, 0) is 0 Å². The average molecular weight is 272 g/mol. The Bertz CT molecular complexity index is 567. The van der Waals surface area contributed by atoms with Crippen molar-refractivity contribution in [2.75, 3.05) is 24.2 Å². The van der Waals surface area contributed by atoms with Gasteiger partial charge in [-0.3, -0.25) is 0 Å². The van der Waals surface area contributed by atoms with Gasteiger partial charge in [-0.15, -0.1) is 0 Å². The molecule has 5 N–H and O–H groups in total. The summed E-state index contributed by atoms with van der Waals surface area (Å²) in [4.78, 5) is 0. The van der Waals surface area contributed by atoms with Crippen molar-refractivity contribution in [3.8, 4) is 11.1 Å². The summed E-state index contributed by atoms with van der Waals surface area (Å²) in [5.74, 6) is 0. The molecule has 0 saturated carbocycles. The molecule has 0 amide bonds. The predicted molar refractivity (Wildman–Crippen MR) is 82.6 cm³/mol. The third-order valence-corrected chi connectivity index (χ3v) is 3.17. The van der Waals surface area contributed by atoms with Crippen molar-refractivity contribution >= 4 is 11.4 Å². The van der Waals surface area contributed by atoms with Crippen molar-refractivity contribution in [1.29, 1.82) is 0 Å². The molecule has 0 saturated heterocycles. The highest BCUT2D eigenvalue weighted by Gasteiger charge is 2.06. The number of anilines is 2. The summed E-state index contributed by atoms with van der Waals surface area (Å²) in [6.07, 6.45) is -0.768. The maximum atomic E-state index is 9.35. The maximum absolute atomic E-state index is 9.35. The fourth-order valence-electron chi connectivity index (χ4n) is 1.95. The SMILES string of the molecule is Cc1ccc(-c2cc(NCC(O)CO)ccc2N)cc1.